The van der Waals surface area contributed by atoms with Gasteiger partial charge in [0.1, 0.15) is 0 Å². The SMILES string of the molecule is CCN(Cc1ccncc1)c1ccncc1Br. The minimum absolute atomic E-state index is 0.877. The second kappa shape index (κ2) is 5.77. The summed E-state index contributed by atoms with van der Waals surface area (Å²) in [5.74, 6) is 0. The van der Waals surface area contributed by atoms with E-state index in [1.807, 2.05) is 43.0 Å². The summed E-state index contributed by atoms with van der Waals surface area (Å²) >= 11 is 3.53. The van der Waals surface area contributed by atoms with Crippen LogP contribution in [0.2, 0.25) is 0 Å². The van der Waals surface area contributed by atoms with Gasteiger partial charge in [0.15, 0.2) is 0 Å². The molecule has 0 aliphatic rings. The topological polar surface area (TPSA) is 29.0 Å². The van der Waals surface area contributed by atoms with Gasteiger partial charge in [-0.1, -0.05) is 0 Å². The van der Waals surface area contributed by atoms with Gasteiger partial charge in [0.25, 0.3) is 0 Å². The summed E-state index contributed by atoms with van der Waals surface area (Å²) in [6.45, 7) is 3.97. The fourth-order valence-electron chi connectivity index (χ4n) is 1.70. The van der Waals surface area contributed by atoms with Gasteiger partial charge >= 0.3 is 0 Å². The zero-order valence-corrected chi connectivity index (χ0v) is 11.3. The lowest BCUT2D eigenvalue weighted by molar-refractivity contribution is 0.826. The van der Waals surface area contributed by atoms with E-state index in [9.17, 15) is 0 Å². The molecule has 3 nitrogen and oxygen atoms in total. The van der Waals surface area contributed by atoms with Crippen LogP contribution in [0, 0.1) is 0 Å². The zero-order chi connectivity index (χ0) is 12.1. The first-order chi connectivity index (χ1) is 8.31. The Hall–Kier alpha value is -1.42. The maximum Gasteiger partial charge on any atom is 0.0592 e. The molecular formula is C13H14BrN3. The minimum Gasteiger partial charge on any atom is -0.366 e. The fraction of sp³-hybridized carbons (Fsp3) is 0.231. The van der Waals surface area contributed by atoms with Crippen molar-refractivity contribution >= 4 is 21.6 Å². The van der Waals surface area contributed by atoms with Crippen molar-refractivity contribution in [1.82, 2.24) is 9.97 Å². The summed E-state index contributed by atoms with van der Waals surface area (Å²) in [6, 6.07) is 6.10. The molecule has 0 atom stereocenters. The summed E-state index contributed by atoms with van der Waals surface area (Å²) in [5, 5.41) is 0. The predicted molar refractivity (Wildman–Crippen MR) is 72.9 cm³/mol. The van der Waals surface area contributed by atoms with E-state index in [1.54, 1.807) is 0 Å². The molecule has 2 aromatic rings. The Morgan fingerprint density at radius 2 is 1.82 bits per heavy atom. The van der Waals surface area contributed by atoms with Crippen LogP contribution in [0.25, 0.3) is 0 Å². The number of anilines is 1. The molecule has 0 radical (unpaired) electrons. The number of nitrogens with zero attached hydrogens (tertiary/aromatic N) is 3. The molecule has 0 amide bonds. The number of hydrogen-bond acceptors (Lipinski definition) is 3. The monoisotopic (exact) mass is 291 g/mol. The Labute approximate surface area is 110 Å². The Balaban J connectivity index is 2.21. The summed E-state index contributed by atoms with van der Waals surface area (Å²) in [6.07, 6.45) is 7.29. The van der Waals surface area contributed by atoms with E-state index in [-0.39, 0.29) is 0 Å². The summed E-state index contributed by atoms with van der Waals surface area (Å²) < 4.78 is 1.02. The quantitative estimate of drug-likeness (QED) is 0.866. The highest BCUT2D eigenvalue weighted by molar-refractivity contribution is 9.10. The van der Waals surface area contributed by atoms with Gasteiger partial charge in [0.05, 0.1) is 10.2 Å². The van der Waals surface area contributed by atoms with Crippen LogP contribution in [0.4, 0.5) is 5.69 Å². The molecule has 2 rings (SSSR count). The van der Waals surface area contributed by atoms with Crippen molar-refractivity contribution in [3.05, 3.63) is 53.0 Å². The van der Waals surface area contributed by atoms with Crippen molar-refractivity contribution in [2.75, 3.05) is 11.4 Å². The van der Waals surface area contributed by atoms with E-state index in [0.29, 0.717) is 0 Å². The van der Waals surface area contributed by atoms with Crippen molar-refractivity contribution in [3.8, 4) is 0 Å². The van der Waals surface area contributed by atoms with Crippen LogP contribution < -0.4 is 4.90 Å². The summed E-state index contributed by atoms with van der Waals surface area (Å²) in [5.41, 5.74) is 2.42. The molecule has 0 spiro atoms. The number of pyridine rings is 2. The first kappa shape index (κ1) is 12.0. The molecule has 88 valence electrons. The standard InChI is InChI=1S/C13H14BrN3/c1-2-17(10-11-3-6-15-7-4-11)13-5-8-16-9-12(13)14/h3-9H,2,10H2,1H3. The van der Waals surface area contributed by atoms with Crippen LogP contribution >= 0.6 is 15.9 Å². The number of hydrogen-bond donors (Lipinski definition) is 0. The molecule has 0 aliphatic carbocycles. The molecule has 0 saturated heterocycles. The summed E-state index contributed by atoms with van der Waals surface area (Å²) in [7, 11) is 0. The molecule has 0 bridgehead atoms. The second-order valence-electron chi connectivity index (χ2n) is 3.70. The lowest BCUT2D eigenvalue weighted by Gasteiger charge is -2.24. The van der Waals surface area contributed by atoms with Gasteiger partial charge in [-0.05, 0) is 46.6 Å². The molecule has 2 heterocycles. The third-order valence-electron chi connectivity index (χ3n) is 2.60. The highest BCUT2D eigenvalue weighted by Crippen LogP contribution is 2.25. The van der Waals surface area contributed by atoms with Crippen LogP contribution in [0.5, 0.6) is 0 Å². The van der Waals surface area contributed by atoms with Gasteiger partial charge in [0.2, 0.25) is 0 Å². The van der Waals surface area contributed by atoms with Gasteiger partial charge < -0.3 is 4.90 Å². The van der Waals surface area contributed by atoms with Crippen LogP contribution in [-0.2, 0) is 6.54 Å². The minimum atomic E-state index is 0.877. The molecule has 0 unspecified atom stereocenters. The molecule has 0 fully saturated rings. The second-order valence-corrected chi connectivity index (χ2v) is 4.55. The Kier molecular flexibility index (Phi) is 4.09. The zero-order valence-electron chi connectivity index (χ0n) is 9.68. The van der Waals surface area contributed by atoms with Gasteiger partial charge in [-0.25, -0.2) is 0 Å². The maximum atomic E-state index is 4.09. The van der Waals surface area contributed by atoms with Crippen LogP contribution in [0.15, 0.2) is 47.5 Å². The molecule has 0 saturated carbocycles. The smallest absolute Gasteiger partial charge is 0.0592 e. The average molecular weight is 292 g/mol. The van der Waals surface area contributed by atoms with Crippen molar-refractivity contribution < 1.29 is 0 Å². The van der Waals surface area contributed by atoms with E-state index in [2.05, 4.69) is 37.7 Å². The van der Waals surface area contributed by atoms with Crippen molar-refractivity contribution in [3.63, 3.8) is 0 Å². The highest BCUT2D eigenvalue weighted by Gasteiger charge is 2.08. The van der Waals surface area contributed by atoms with Crippen LogP contribution in [0.1, 0.15) is 12.5 Å². The van der Waals surface area contributed by atoms with Gasteiger partial charge in [0, 0.05) is 37.9 Å². The van der Waals surface area contributed by atoms with E-state index < -0.39 is 0 Å². The molecule has 0 aromatic carbocycles. The Morgan fingerprint density at radius 1 is 1.12 bits per heavy atom. The van der Waals surface area contributed by atoms with E-state index in [4.69, 9.17) is 0 Å². The van der Waals surface area contributed by atoms with Gasteiger partial charge in [-0.3, -0.25) is 9.97 Å². The van der Waals surface area contributed by atoms with E-state index >= 15 is 0 Å². The molecule has 17 heavy (non-hydrogen) atoms. The van der Waals surface area contributed by atoms with Crippen molar-refractivity contribution in [2.24, 2.45) is 0 Å². The maximum absolute atomic E-state index is 4.09. The third-order valence-corrected chi connectivity index (χ3v) is 3.21. The first-order valence-corrected chi connectivity index (χ1v) is 6.34. The average Bonchev–Trinajstić information content (AvgIpc) is 2.38. The molecule has 2 aromatic heterocycles. The third kappa shape index (κ3) is 3.03. The number of rotatable bonds is 4. The van der Waals surface area contributed by atoms with Crippen molar-refractivity contribution in [1.29, 1.82) is 0 Å². The summed E-state index contributed by atoms with van der Waals surface area (Å²) in [4.78, 5) is 10.4. The van der Waals surface area contributed by atoms with Crippen molar-refractivity contribution in [2.45, 2.75) is 13.5 Å². The molecule has 0 aliphatic heterocycles. The highest BCUT2D eigenvalue weighted by atomic mass is 79.9. The van der Waals surface area contributed by atoms with Gasteiger partial charge in [-0.2, -0.15) is 0 Å². The lowest BCUT2D eigenvalue weighted by Crippen LogP contribution is -2.22. The van der Waals surface area contributed by atoms with Gasteiger partial charge in [-0.15, -0.1) is 0 Å². The number of halogens is 1. The van der Waals surface area contributed by atoms with E-state index in [0.717, 1.165) is 17.6 Å². The molecular weight excluding hydrogens is 278 g/mol. The Bertz CT molecular complexity index is 473. The first-order valence-electron chi connectivity index (χ1n) is 5.54. The van der Waals surface area contributed by atoms with E-state index in [1.165, 1.54) is 11.3 Å². The van der Waals surface area contributed by atoms with Crippen LogP contribution in [-0.4, -0.2) is 16.5 Å². The fourth-order valence-corrected chi connectivity index (χ4v) is 2.20. The molecule has 4 heteroatoms. The predicted octanol–water partition coefficient (Wildman–Crippen LogP) is 3.27. The van der Waals surface area contributed by atoms with Crippen LogP contribution in [0.3, 0.4) is 0 Å². The Morgan fingerprint density at radius 3 is 2.47 bits per heavy atom. The molecule has 0 N–H and O–H groups in total. The number of aromatic nitrogens is 2. The normalized spacial score (nSPS) is 10.2. The lowest BCUT2D eigenvalue weighted by atomic mass is 10.2. The largest absolute Gasteiger partial charge is 0.366 e.